The summed E-state index contributed by atoms with van der Waals surface area (Å²) in [4.78, 5) is 16.1. The second-order valence-electron chi connectivity index (χ2n) is 4.15. The molecule has 3 rings (SSSR count). The van der Waals surface area contributed by atoms with Gasteiger partial charge in [-0.25, -0.2) is 4.98 Å². The normalized spacial score (nSPS) is 10.6. The summed E-state index contributed by atoms with van der Waals surface area (Å²) >= 11 is 1.28. The maximum atomic E-state index is 11.8. The molecule has 0 radical (unpaired) electrons. The van der Waals surface area contributed by atoms with E-state index in [0.717, 1.165) is 16.8 Å². The van der Waals surface area contributed by atoms with Crippen molar-refractivity contribution in [3.8, 4) is 0 Å². The smallest absolute Gasteiger partial charge is 0.257 e. The molecule has 0 atom stereocenters. The predicted molar refractivity (Wildman–Crippen MR) is 79.8 cm³/mol. The Morgan fingerprint density at radius 1 is 1.10 bits per heavy atom. The number of fused-ring (bicyclic) bond motifs is 1. The number of nitrogens with zero attached hydrogens (tertiary/aromatic N) is 1. The van der Waals surface area contributed by atoms with Crippen molar-refractivity contribution in [2.45, 2.75) is 5.22 Å². The van der Waals surface area contributed by atoms with Crippen molar-refractivity contribution in [2.24, 2.45) is 0 Å². The Labute approximate surface area is 120 Å². The van der Waals surface area contributed by atoms with E-state index < -0.39 is 0 Å². The minimum absolute atomic E-state index is 0.0801. The number of anilines is 1. The van der Waals surface area contributed by atoms with Crippen molar-refractivity contribution in [3.63, 3.8) is 0 Å². The van der Waals surface area contributed by atoms with Gasteiger partial charge in [-0.2, -0.15) is 0 Å². The molecule has 4 nitrogen and oxygen atoms in total. The second-order valence-corrected chi connectivity index (χ2v) is 5.08. The molecule has 1 aromatic heterocycles. The van der Waals surface area contributed by atoms with Crippen LogP contribution < -0.4 is 5.32 Å². The molecule has 1 N–H and O–H groups in total. The molecular formula is C15H12N2O2S. The molecule has 20 heavy (non-hydrogen) atoms. The standard InChI is InChI=1S/C15H12N2O2S/c18-14(16-11-6-2-1-3-7-11)10-20-15-17-12-8-4-5-9-13(12)19-15/h1-9H,10H2,(H,16,18). The van der Waals surface area contributed by atoms with E-state index in [0.29, 0.717) is 5.22 Å². The first kappa shape index (κ1) is 12.7. The molecule has 0 aliphatic heterocycles. The number of para-hydroxylation sites is 3. The number of hydrogen-bond donors (Lipinski definition) is 1. The van der Waals surface area contributed by atoms with Crippen LogP contribution in [0.4, 0.5) is 5.69 Å². The first-order valence-electron chi connectivity index (χ1n) is 6.14. The Morgan fingerprint density at radius 2 is 1.85 bits per heavy atom. The molecule has 3 aromatic rings. The van der Waals surface area contributed by atoms with Crippen LogP contribution in [-0.2, 0) is 4.79 Å². The van der Waals surface area contributed by atoms with Crippen LogP contribution in [0.5, 0.6) is 0 Å². The summed E-state index contributed by atoms with van der Waals surface area (Å²) in [5, 5.41) is 3.33. The zero-order valence-corrected chi connectivity index (χ0v) is 11.4. The van der Waals surface area contributed by atoms with E-state index in [1.165, 1.54) is 11.8 Å². The highest BCUT2D eigenvalue weighted by molar-refractivity contribution is 7.99. The maximum absolute atomic E-state index is 11.8. The molecule has 0 saturated carbocycles. The van der Waals surface area contributed by atoms with Gasteiger partial charge in [0.15, 0.2) is 5.58 Å². The lowest BCUT2D eigenvalue weighted by Gasteiger charge is -2.02. The lowest BCUT2D eigenvalue weighted by Crippen LogP contribution is -2.13. The fourth-order valence-corrected chi connectivity index (χ4v) is 2.40. The average Bonchev–Trinajstić information content (AvgIpc) is 2.89. The van der Waals surface area contributed by atoms with Gasteiger partial charge in [-0.3, -0.25) is 4.79 Å². The summed E-state index contributed by atoms with van der Waals surface area (Å²) in [6.07, 6.45) is 0. The Kier molecular flexibility index (Phi) is 3.69. The van der Waals surface area contributed by atoms with Crippen molar-refractivity contribution in [1.82, 2.24) is 4.98 Å². The second kappa shape index (κ2) is 5.79. The maximum Gasteiger partial charge on any atom is 0.257 e. The average molecular weight is 284 g/mol. The third kappa shape index (κ3) is 3.00. The van der Waals surface area contributed by atoms with Crippen molar-refractivity contribution in [2.75, 3.05) is 11.1 Å². The Hall–Kier alpha value is -2.27. The first-order chi connectivity index (χ1) is 9.81. The zero-order chi connectivity index (χ0) is 13.8. The van der Waals surface area contributed by atoms with Crippen LogP contribution in [0.2, 0.25) is 0 Å². The summed E-state index contributed by atoms with van der Waals surface area (Å²) in [7, 11) is 0. The summed E-state index contributed by atoms with van der Waals surface area (Å²) in [5.41, 5.74) is 2.33. The van der Waals surface area contributed by atoms with Gasteiger partial charge < -0.3 is 9.73 Å². The largest absolute Gasteiger partial charge is 0.431 e. The molecule has 0 unspecified atom stereocenters. The molecule has 0 bridgehead atoms. The van der Waals surface area contributed by atoms with E-state index in [2.05, 4.69) is 10.3 Å². The SMILES string of the molecule is O=C(CSc1nc2ccccc2o1)Nc1ccccc1. The van der Waals surface area contributed by atoms with Crippen molar-refractivity contribution >= 4 is 34.5 Å². The van der Waals surface area contributed by atoms with Gasteiger partial charge >= 0.3 is 0 Å². The number of thioether (sulfide) groups is 1. The highest BCUT2D eigenvalue weighted by atomic mass is 32.2. The first-order valence-corrected chi connectivity index (χ1v) is 7.13. The van der Waals surface area contributed by atoms with Crippen LogP contribution in [0.25, 0.3) is 11.1 Å². The van der Waals surface area contributed by atoms with Crippen LogP contribution >= 0.6 is 11.8 Å². The minimum Gasteiger partial charge on any atom is -0.431 e. The van der Waals surface area contributed by atoms with Gasteiger partial charge in [0.1, 0.15) is 5.52 Å². The number of rotatable bonds is 4. The number of aromatic nitrogens is 1. The van der Waals surface area contributed by atoms with Gasteiger partial charge in [-0.05, 0) is 24.3 Å². The van der Waals surface area contributed by atoms with E-state index in [9.17, 15) is 4.79 Å². The third-order valence-electron chi connectivity index (χ3n) is 2.66. The van der Waals surface area contributed by atoms with Gasteiger partial charge in [0.25, 0.3) is 5.22 Å². The van der Waals surface area contributed by atoms with Gasteiger partial charge in [0, 0.05) is 5.69 Å². The summed E-state index contributed by atoms with van der Waals surface area (Å²) in [6, 6.07) is 16.9. The lowest BCUT2D eigenvalue weighted by molar-refractivity contribution is -0.113. The molecule has 0 aliphatic carbocycles. The minimum atomic E-state index is -0.0801. The molecular weight excluding hydrogens is 272 g/mol. The van der Waals surface area contributed by atoms with Gasteiger partial charge in [0.2, 0.25) is 5.91 Å². The predicted octanol–water partition coefficient (Wildman–Crippen LogP) is 3.56. The third-order valence-corrected chi connectivity index (χ3v) is 3.49. The van der Waals surface area contributed by atoms with Crippen LogP contribution in [0, 0.1) is 0 Å². The molecule has 100 valence electrons. The van der Waals surface area contributed by atoms with Crippen molar-refractivity contribution in [3.05, 3.63) is 54.6 Å². The van der Waals surface area contributed by atoms with Gasteiger partial charge in [-0.1, -0.05) is 42.1 Å². The van der Waals surface area contributed by atoms with Crippen molar-refractivity contribution < 1.29 is 9.21 Å². The fourth-order valence-electron chi connectivity index (χ4n) is 1.76. The van der Waals surface area contributed by atoms with E-state index >= 15 is 0 Å². The van der Waals surface area contributed by atoms with E-state index in [4.69, 9.17) is 4.42 Å². The number of oxazole rings is 1. The Morgan fingerprint density at radius 3 is 2.65 bits per heavy atom. The summed E-state index contributed by atoms with van der Waals surface area (Å²) < 4.78 is 5.54. The molecule has 1 heterocycles. The van der Waals surface area contributed by atoms with Crippen LogP contribution in [-0.4, -0.2) is 16.6 Å². The number of nitrogens with one attached hydrogen (secondary N) is 1. The highest BCUT2D eigenvalue weighted by Gasteiger charge is 2.09. The van der Waals surface area contributed by atoms with E-state index in [1.807, 2.05) is 54.6 Å². The zero-order valence-electron chi connectivity index (χ0n) is 10.6. The molecule has 0 fully saturated rings. The number of amides is 1. The molecule has 0 aliphatic rings. The molecule has 1 amide bonds. The molecule has 5 heteroatoms. The Bertz CT molecular complexity index is 692. The topological polar surface area (TPSA) is 55.1 Å². The van der Waals surface area contributed by atoms with E-state index in [-0.39, 0.29) is 11.7 Å². The molecule has 0 spiro atoms. The van der Waals surface area contributed by atoms with Crippen LogP contribution in [0.15, 0.2) is 64.2 Å². The van der Waals surface area contributed by atoms with Crippen molar-refractivity contribution in [1.29, 1.82) is 0 Å². The quantitative estimate of drug-likeness (QED) is 0.744. The molecule has 2 aromatic carbocycles. The Balaban J connectivity index is 1.60. The number of carbonyl (C=O) groups is 1. The monoisotopic (exact) mass is 284 g/mol. The molecule has 0 saturated heterocycles. The lowest BCUT2D eigenvalue weighted by atomic mass is 10.3. The van der Waals surface area contributed by atoms with Gasteiger partial charge in [0.05, 0.1) is 5.75 Å². The number of carbonyl (C=O) groups excluding carboxylic acids is 1. The highest BCUT2D eigenvalue weighted by Crippen LogP contribution is 2.23. The number of hydrogen-bond acceptors (Lipinski definition) is 4. The number of benzene rings is 2. The fraction of sp³-hybridized carbons (Fsp3) is 0.0667. The van der Waals surface area contributed by atoms with Crippen LogP contribution in [0.3, 0.4) is 0 Å². The van der Waals surface area contributed by atoms with Crippen LogP contribution in [0.1, 0.15) is 0 Å². The van der Waals surface area contributed by atoms with E-state index in [1.54, 1.807) is 0 Å². The summed E-state index contributed by atoms with van der Waals surface area (Å²) in [5.74, 6) is 0.185. The summed E-state index contributed by atoms with van der Waals surface area (Å²) in [6.45, 7) is 0. The van der Waals surface area contributed by atoms with Gasteiger partial charge in [-0.15, -0.1) is 0 Å².